The van der Waals surface area contributed by atoms with Gasteiger partial charge in [0.1, 0.15) is 0 Å². The van der Waals surface area contributed by atoms with Crippen LogP contribution < -0.4 is 16.0 Å². The van der Waals surface area contributed by atoms with Crippen LogP contribution in [-0.4, -0.2) is 18.5 Å². The molecule has 8 nitrogen and oxygen atoms in total. The Hall–Kier alpha value is -1.78. The maximum atomic E-state index is 11.9. The quantitative estimate of drug-likeness (QED) is 0.413. The van der Waals surface area contributed by atoms with Gasteiger partial charge in [-0.3, -0.25) is 15.5 Å². The van der Waals surface area contributed by atoms with Crippen molar-refractivity contribution in [3.05, 3.63) is 33.4 Å². The maximum absolute atomic E-state index is 11.9. The molecule has 1 rings (SSSR count). The van der Waals surface area contributed by atoms with E-state index in [0.717, 1.165) is 0 Å². The zero-order chi connectivity index (χ0) is 14.8. The number of hydrogen-bond acceptors (Lipinski definition) is 5. The molecule has 1 aromatic rings. The lowest BCUT2D eigenvalue weighted by Crippen LogP contribution is -2.44. The van der Waals surface area contributed by atoms with Crippen LogP contribution in [0.3, 0.4) is 0 Å². The van der Waals surface area contributed by atoms with Crippen LogP contribution >= 0.6 is 12.2 Å². The number of nitrogens with zero attached hydrogens (tertiary/aromatic N) is 1. The highest BCUT2D eigenvalue weighted by molar-refractivity contribution is 7.89. The minimum absolute atomic E-state index is 0.296. The number of aryl methyl sites for hydroxylation is 2. The molecular formula is C9H12N4O4S2. The summed E-state index contributed by atoms with van der Waals surface area (Å²) in [4.78, 5) is 11.6. The van der Waals surface area contributed by atoms with Gasteiger partial charge in [0.25, 0.3) is 15.7 Å². The second-order valence-electron chi connectivity index (χ2n) is 3.76. The second-order valence-corrected chi connectivity index (χ2v) is 5.85. The summed E-state index contributed by atoms with van der Waals surface area (Å²) in [6, 6.07) is 2.42. The average Bonchev–Trinajstić information content (AvgIpc) is 2.29. The summed E-state index contributed by atoms with van der Waals surface area (Å²) < 4.78 is 23.9. The first-order valence-electron chi connectivity index (χ1n) is 4.98. The fraction of sp³-hybridized carbons (Fsp3) is 0.222. The molecule has 0 atom stereocenters. The van der Waals surface area contributed by atoms with E-state index < -0.39 is 25.5 Å². The Morgan fingerprint density at radius 1 is 1.37 bits per heavy atom. The van der Waals surface area contributed by atoms with Crippen molar-refractivity contribution in [1.82, 2.24) is 10.3 Å². The van der Waals surface area contributed by atoms with Crippen LogP contribution in [0.5, 0.6) is 0 Å². The summed E-state index contributed by atoms with van der Waals surface area (Å²) in [7, 11) is -4.14. The highest BCUT2D eigenvalue weighted by atomic mass is 32.2. The largest absolute Gasteiger partial charge is 0.375 e. The monoisotopic (exact) mass is 304 g/mol. The zero-order valence-electron chi connectivity index (χ0n) is 10.1. The molecule has 0 aliphatic rings. The Bertz CT molecular complexity index is 642. The lowest BCUT2D eigenvalue weighted by atomic mass is 10.1. The van der Waals surface area contributed by atoms with Crippen LogP contribution in [0.25, 0.3) is 0 Å². The Balaban J connectivity index is 3.36. The van der Waals surface area contributed by atoms with E-state index in [1.165, 1.54) is 12.1 Å². The highest BCUT2D eigenvalue weighted by Crippen LogP contribution is 2.26. The number of sulfonamides is 1. The van der Waals surface area contributed by atoms with Crippen LogP contribution in [0, 0.1) is 24.0 Å². The molecule has 0 unspecified atom stereocenters. The molecule has 0 saturated heterocycles. The molecule has 0 spiro atoms. The highest BCUT2D eigenvalue weighted by Gasteiger charge is 2.26. The van der Waals surface area contributed by atoms with Gasteiger partial charge in [-0.2, -0.15) is 0 Å². The number of benzene rings is 1. The van der Waals surface area contributed by atoms with Crippen molar-refractivity contribution in [2.45, 2.75) is 18.7 Å². The third-order valence-corrected chi connectivity index (χ3v) is 3.75. The first kappa shape index (κ1) is 15.3. The molecule has 0 heterocycles. The van der Waals surface area contributed by atoms with Gasteiger partial charge in [0.2, 0.25) is 0 Å². The Labute approximate surface area is 115 Å². The number of nitrogens with two attached hydrogens (primary N) is 1. The topological polar surface area (TPSA) is 127 Å². The number of thiocarbonyl (C=S) groups is 1. The molecule has 0 amide bonds. The van der Waals surface area contributed by atoms with Gasteiger partial charge in [-0.25, -0.2) is 8.42 Å². The summed E-state index contributed by atoms with van der Waals surface area (Å²) in [5, 5.41) is 10.6. The van der Waals surface area contributed by atoms with E-state index >= 15 is 0 Å². The van der Waals surface area contributed by atoms with Crippen molar-refractivity contribution >= 4 is 33.0 Å². The van der Waals surface area contributed by atoms with Crippen molar-refractivity contribution in [1.29, 1.82) is 0 Å². The molecule has 0 fully saturated rings. The molecule has 104 valence electrons. The fourth-order valence-corrected chi connectivity index (χ4v) is 2.52. The molecule has 1 aromatic carbocycles. The van der Waals surface area contributed by atoms with E-state index in [2.05, 4.69) is 12.2 Å². The summed E-state index contributed by atoms with van der Waals surface area (Å²) >= 11 is 4.45. The van der Waals surface area contributed by atoms with E-state index in [0.29, 0.717) is 11.1 Å². The van der Waals surface area contributed by atoms with Crippen LogP contribution in [0.4, 0.5) is 5.69 Å². The molecule has 0 bridgehead atoms. The van der Waals surface area contributed by atoms with Crippen molar-refractivity contribution in [3.8, 4) is 0 Å². The van der Waals surface area contributed by atoms with Crippen molar-refractivity contribution in [3.63, 3.8) is 0 Å². The maximum Gasteiger partial charge on any atom is 0.289 e. The molecule has 0 saturated carbocycles. The number of nitrogens with one attached hydrogen (secondary N) is 2. The molecular weight excluding hydrogens is 292 g/mol. The van der Waals surface area contributed by atoms with E-state index in [1.807, 2.05) is 10.3 Å². The Kier molecular flexibility index (Phi) is 4.39. The summed E-state index contributed by atoms with van der Waals surface area (Å²) in [6.45, 7) is 3.30. The van der Waals surface area contributed by atoms with Gasteiger partial charge < -0.3 is 5.73 Å². The van der Waals surface area contributed by atoms with Crippen molar-refractivity contribution in [2.24, 2.45) is 5.73 Å². The van der Waals surface area contributed by atoms with Crippen LogP contribution in [0.15, 0.2) is 17.0 Å². The standard InChI is InChI=1S/C9H12N4O4S2/c1-5-3-7(13(14)15)8(4-6(5)2)19(16,17)12-11-9(10)18/h3-4,12H,1-2H3,(H3,10,11,18). The van der Waals surface area contributed by atoms with Crippen LogP contribution in [-0.2, 0) is 10.0 Å². The first-order valence-corrected chi connectivity index (χ1v) is 6.87. The number of nitro groups is 1. The Morgan fingerprint density at radius 2 is 1.89 bits per heavy atom. The minimum atomic E-state index is -4.14. The normalized spacial score (nSPS) is 11.1. The molecule has 19 heavy (non-hydrogen) atoms. The van der Waals surface area contributed by atoms with Gasteiger partial charge in [0.05, 0.1) is 4.92 Å². The van der Waals surface area contributed by atoms with Gasteiger partial charge in [0, 0.05) is 6.07 Å². The second kappa shape index (κ2) is 5.47. The molecule has 0 aromatic heterocycles. The van der Waals surface area contributed by atoms with Crippen LogP contribution in [0.1, 0.15) is 11.1 Å². The van der Waals surface area contributed by atoms with Gasteiger partial charge >= 0.3 is 0 Å². The number of nitro benzene ring substituents is 1. The predicted molar refractivity (Wildman–Crippen MR) is 72.8 cm³/mol. The number of hydrogen-bond donors (Lipinski definition) is 3. The molecule has 10 heteroatoms. The van der Waals surface area contributed by atoms with E-state index in [-0.39, 0.29) is 5.11 Å². The van der Waals surface area contributed by atoms with E-state index in [9.17, 15) is 18.5 Å². The molecule has 0 aliphatic carbocycles. The SMILES string of the molecule is Cc1cc([N+](=O)[O-])c(S(=O)(=O)NNC(N)=S)cc1C. The average molecular weight is 304 g/mol. The lowest BCUT2D eigenvalue weighted by molar-refractivity contribution is -0.387. The van der Waals surface area contributed by atoms with Crippen LogP contribution in [0.2, 0.25) is 0 Å². The molecule has 0 radical (unpaired) electrons. The summed E-state index contributed by atoms with van der Waals surface area (Å²) in [6.07, 6.45) is 0. The summed E-state index contributed by atoms with van der Waals surface area (Å²) in [5.74, 6) is 0. The first-order chi connectivity index (χ1) is 8.65. The molecule has 0 aliphatic heterocycles. The third kappa shape index (κ3) is 3.59. The van der Waals surface area contributed by atoms with Crippen molar-refractivity contribution < 1.29 is 13.3 Å². The van der Waals surface area contributed by atoms with E-state index in [1.54, 1.807) is 13.8 Å². The van der Waals surface area contributed by atoms with Gasteiger partial charge in [-0.15, -0.1) is 4.83 Å². The van der Waals surface area contributed by atoms with Gasteiger partial charge in [-0.05, 0) is 43.3 Å². The Morgan fingerprint density at radius 3 is 2.37 bits per heavy atom. The zero-order valence-corrected chi connectivity index (χ0v) is 11.8. The fourth-order valence-electron chi connectivity index (χ4n) is 1.30. The third-order valence-electron chi connectivity index (χ3n) is 2.37. The summed E-state index contributed by atoms with van der Waals surface area (Å²) in [5.41, 5.74) is 7.84. The van der Waals surface area contributed by atoms with E-state index in [4.69, 9.17) is 5.73 Å². The predicted octanol–water partition coefficient (Wildman–Crippen LogP) is 0.238. The lowest BCUT2D eigenvalue weighted by Gasteiger charge is -2.10. The van der Waals surface area contributed by atoms with Gasteiger partial charge in [0.15, 0.2) is 10.0 Å². The number of hydrazine groups is 1. The van der Waals surface area contributed by atoms with Gasteiger partial charge in [-0.1, -0.05) is 0 Å². The molecule has 4 N–H and O–H groups in total. The minimum Gasteiger partial charge on any atom is -0.375 e. The smallest absolute Gasteiger partial charge is 0.289 e. The van der Waals surface area contributed by atoms with Crippen molar-refractivity contribution in [2.75, 3.05) is 0 Å². The number of rotatable bonds is 4.